The molecule has 1 fully saturated rings. The van der Waals surface area contributed by atoms with Gasteiger partial charge < -0.3 is 0 Å². The minimum Gasteiger partial charge on any atom is -0.288 e. The van der Waals surface area contributed by atoms with Gasteiger partial charge in [0.05, 0.1) is 12.1 Å². The molecule has 6 heteroatoms. The third-order valence-corrected chi connectivity index (χ3v) is 4.65. The van der Waals surface area contributed by atoms with Gasteiger partial charge in [0, 0.05) is 18.6 Å². The van der Waals surface area contributed by atoms with Gasteiger partial charge in [-0.15, -0.1) is 0 Å². The van der Waals surface area contributed by atoms with Crippen molar-refractivity contribution in [3.8, 4) is 0 Å². The summed E-state index contributed by atoms with van der Waals surface area (Å²) in [6.07, 6.45) is 0. The Bertz CT molecular complexity index is 699. The molecule has 3 rings (SSSR count). The van der Waals surface area contributed by atoms with Gasteiger partial charge in [-0.1, -0.05) is 60.7 Å². The summed E-state index contributed by atoms with van der Waals surface area (Å²) in [4.78, 5) is 14.6. The fourth-order valence-corrected chi connectivity index (χ4v) is 3.49. The van der Waals surface area contributed by atoms with Crippen molar-refractivity contribution < 1.29 is 4.79 Å². The maximum atomic E-state index is 12.2. The van der Waals surface area contributed by atoms with E-state index < -0.39 is 0 Å². The van der Waals surface area contributed by atoms with Gasteiger partial charge in [-0.25, -0.2) is 16.1 Å². The van der Waals surface area contributed by atoms with Gasteiger partial charge in [-0.05, 0) is 31.9 Å². The van der Waals surface area contributed by atoms with Crippen LogP contribution in [0.5, 0.6) is 0 Å². The summed E-state index contributed by atoms with van der Waals surface area (Å²) in [5.41, 5.74) is 7.78. The highest BCUT2D eigenvalue weighted by molar-refractivity contribution is 5.73. The zero-order valence-electron chi connectivity index (χ0n) is 16.2. The molecule has 0 spiro atoms. The van der Waals surface area contributed by atoms with E-state index in [9.17, 15) is 4.79 Å². The van der Waals surface area contributed by atoms with E-state index >= 15 is 0 Å². The number of urea groups is 1. The number of nitrogens with one attached hydrogen (secondary N) is 2. The number of carbonyl (C=O) groups is 1. The molecule has 4 N–H and O–H groups in total. The summed E-state index contributed by atoms with van der Waals surface area (Å²) in [6, 6.07) is 20.9. The van der Waals surface area contributed by atoms with Crippen LogP contribution in [-0.2, 0) is 0 Å². The number of amides is 2. The molecule has 1 aliphatic rings. The lowest BCUT2D eigenvalue weighted by Crippen LogP contribution is -2.69. The van der Waals surface area contributed by atoms with Gasteiger partial charge in [0.2, 0.25) is 0 Å². The number of likely N-dealkylation sites (tertiary alicyclic amines) is 1. The van der Waals surface area contributed by atoms with E-state index in [1.54, 1.807) is 5.01 Å². The number of carbonyl (C=O) groups excluding carboxylic acids is 1. The molecule has 27 heavy (non-hydrogen) atoms. The number of nitrogens with two attached hydrogens (primary N) is 1. The van der Waals surface area contributed by atoms with E-state index in [0.717, 1.165) is 13.1 Å². The van der Waals surface area contributed by atoms with E-state index in [4.69, 9.17) is 5.84 Å². The first kappa shape index (κ1) is 19.4. The first-order valence-electron chi connectivity index (χ1n) is 9.30. The van der Waals surface area contributed by atoms with Crippen molar-refractivity contribution in [3.63, 3.8) is 0 Å². The Morgan fingerprint density at radius 2 is 1.52 bits per heavy atom. The molecule has 1 aliphatic heterocycles. The summed E-state index contributed by atoms with van der Waals surface area (Å²) in [5, 5.41) is 1.63. The molecule has 1 saturated heterocycles. The molecular weight excluding hydrogens is 338 g/mol. The van der Waals surface area contributed by atoms with Crippen LogP contribution in [-0.4, -0.2) is 40.6 Å². The van der Waals surface area contributed by atoms with Crippen LogP contribution in [0.3, 0.4) is 0 Å². The fraction of sp³-hybridized carbons (Fsp3) is 0.381. The highest BCUT2D eigenvalue weighted by Crippen LogP contribution is 2.33. The predicted molar refractivity (Wildman–Crippen MR) is 108 cm³/mol. The fourth-order valence-electron chi connectivity index (χ4n) is 3.49. The molecule has 2 amide bonds. The van der Waals surface area contributed by atoms with Crippen molar-refractivity contribution in [2.75, 3.05) is 13.1 Å². The molecule has 6 nitrogen and oxygen atoms in total. The van der Waals surface area contributed by atoms with Gasteiger partial charge in [-0.3, -0.25) is 15.3 Å². The Morgan fingerprint density at radius 1 is 1.04 bits per heavy atom. The number of benzene rings is 2. The highest BCUT2D eigenvalue weighted by atomic mass is 16.2. The van der Waals surface area contributed by atoms with E-state index in [1.807, 2.05) is 32.9 Å². The van der Waals surface area contributed by atoms with Crippen molar-refractivity contribution in [1.82, 2.24) is 20.8 Å². The Hall–Kier alpha value is -2.41. The average molecular weight is 367 g/mol. The third-order valence-electron chi connectivity index (χ3n) is 4.65. The van der Waals surface area contributed by atoms with Gasteiger partial charge >= 0.3 is 6.03 Å². The molecule has 0 radical (unpaired) electrons. The van der Waals surface area contributed by atoms with Gasteiger partial charge in [0.15, 0.2) is 0 Å². The monoisotopic (exact) mass is 367 g/mol. The van der Waals surface area contributed by atoms with E-state index in [2.05, 4.69) is 64.3 Å². The Morgan fingerprint density at radius 3 is 1.93 bits per heavy atom. The number of hydrazine groups is 2. The van der Waals surface area contributed by atoms with Crippen LogP contribution >= 0.6 is 0 Å². The summed E-state index contributed by atoms with van der Waals surface area (Å²) in [7, 11) is 0. The molecule has 0 saturated carbocycles. The van der Waals surface area contributed by atoms with E-state index in [-0.39, 0.29) is 23.7 Å². The smallest absolute Gasteiger partial charge is 0.288 e. The lowest BCUT2D eigenvalue weighted by molar-refractivity contribution is -0.00442. The standard InChI is InChI=1S/C21H29N5O/c1-21(2,3)24-26(20(27)23-22)18-14-25(15-18)19(16-10-6-4-7-11-16)17-12-8-5-9-13-17/h4-13,18-19,24H,14-15,22H2,1-3H3,(H,23,27). The summed E-state index contributed by atoms with van der Waals surface area (Å²) in [6.45, 7) is 7.61. The second-order valence-electron chi connectivity index (χ2n) is 8.01. The first-order chi connectivity index (χ1) is 12.9. The summed E-state index contributed by atoms with van der Waals surface area (Å²) in [5.74, 6) is 5.39. The van der Waals surface area contributed by atoms with Crippen LogP contribution in [0.15, 0.2) is 60.7 Å². The molecule has 144 valence electrons. The molecular formula is C21H29N5O. The highest BCUT2D eigenvalue weighted by Gasteiger charge is 2.40. The number of hydrogen-bond donors (Lipinski definition) is 3. The van der Waals surface area contributed by atoms with Gasteiger partial charge in [0.25, 0.3) is 0 Å². The predicted octanol–water partition coefficient (Wildman–Crippen LogP) is 2.65. The average Bonchev–Trinajstić information content (AvgIpc) is 2.62. The van der Waals surface area contributed by atoms with Crippen molar-refractivity contribution in [2.45, 2.75) is 38.4 Å². The quantitative estimate of drug-likeness (QED) is 0.432. The molecule has 2 aromatic carbocycles. The minimum atomic E-state index is -0.314. The number of nitrogens with zero attached hydrogens (tertiary/aromatic N) is 2. The first-order valence-corrected chi connectivity index (χ1v) is 9.30. The molecule has 0 atom stereocenters. The third kappa shape index (κ3) is 4.66. The second-order valence-corrected chi connectivity index (χ2v) is 8.01. The van der Waals surface area contributed by atoms with Crippen LogP contribution in [0, 0.1) is 0 Å². The van der Waals surface area contributed by atoms with Crippen molar-refractivity contribution in [3.05, 3.63) is 71.8 Å². The Labute approximate surface area is 161 Å². The summed E-state index contributed by atoms with van der Waals surface area (Å²) < 4.78 is 0. The molecule has 0 aromatic heterocycles. The largest absolute Gasteiger partial charge is 0.346 e. The Balaban J connectivity index is 1.78. The SMILES string of the molecule is CC(C)(C)NN(C(=O)NN)C1CN(C(c2ccccc2)c2ccccc2)C1. The molecule has 1 heterocycles. The Kier molecular flexibility index (Phi) is 5.79. The molecule has 0 unspecified atom stereocenters. The minimum absolute atomic E-state index is 0.0581. The summed E-state index contributed by atoms with van der Waals surface area (Å²) >= 11 is 0. The maximum Gasteiger partial charge on any atom is 0.346 e. The van der Waals surface area contributed by atoms with Crippen LogP contribution in [0.4, 0.5) is 4.79 Å². The van der Waals surface area contributed by atoms with Crippen LogP contribution in [0.1, 0.15) is 37.9 Å². The van der Waals surface area contributed by atoms with Gasteiger partial charge in [-0.2, -0.15) is 0 Å². The zero-order chi connectivity index (χ0) is 19.4. The second kappa shape index (κ2) is 8.08. The normalized spacial score (nSPS) is 15.4. The van der Waals surface area contributed by atoms with Crippen molar-refractivity contribution in [2.24, 2.45) is 5.84 Å². The molecule has 0 bridgehead atoms. The molecule has 0 aliphatic carbocycles. The van der Waals surface area contributed by atoms with E-state index in [0.29, 0.717) is 0 Å². The zero-order valence-corrected chi connectivity index (χ0v) is 16.2. The van der Waals surface area contributed by atoms with Crippen molar-refractivity contribution >= 4 is 6.03 Å². The van der Waals surface area contributed by atoms with Crippen molar-refractivity contribution in [1.29, 1.82) is 0 Å². The van der Waals surface area contributed by atoms with Crippen LogP contribution in [0.25, 0.3) is 0 Å². The lowest BCUT2D eigenvalue weighted by atomic mass is 9.93. The lowest BCUT2D eigenvalue weighted by Gasteiger charge is -2.49. The number of rotatable bonds is 5. The van der Waals surface area contributed by atoms with Crippen LogP contribution < -0.4 is 16.7 Å². The number of hydrogen-bond acceptors (Lipinski definition) is 4. The maximum absolute atomic E-state index is 12.2. The van der Waals surface area contributed by atoms with Gasteiger partial charge in [0.1, 0.15) is 0 Å². The van der Waals surface area contributed by atoms with E-state index in [1.165, 1.54) is 11.1 Å². The van der Waals surface area contributed by atoms with Crippen LogP contribution in [0.2, 0.25) is 0 Å². The molecule has 2 aromatic rings. The topological polar surface area (TPSA) is 73.6 Å².